The van der Waals surface area contributed by atoms with Crippen LogP contribution in [0.1, 0.15) is 73.5 Å². The van der Waals surface area contributed by atoms with Crippen LogP contribution in [0.4, 0.5) is 0 Å². The van der Waals surface area contributed by atoms with Gasteiger partial charge in [-0.15, -0.1) is 0 Å². The third-order valence-corrected chi connectivity index (χ3v) is 5.79. The van der Waals surface area contributed by atoms with Crippen LogP contribution in [0.15, 0.2) is 24.3 Å². The molecule has 5 nitrogen and oxygen atoms in total. The third-order valence-electron chi connectivity index (χ3n) is 5.79. The molecule has 0 amide bonds. The van der Waals surface area contributed by atoms with Gasteiger partial charge in [-0.3, -0.25) is 4.79 Å². The number of fused-ring (bicyclic) bond motifs is 1. The molecule has 1 heterocycles. The van der Waals surface area contributed by atoms with E-state index in [1.165, 1.54) is 12.1 Å². The molecule has 0 saturated carbocycles. The van der Waals surface area contributed by atoms with Gasteiger partial charge in [0.1, 0.15) is 35.2 Å². The molecule has 0 saturated heterocycles. The highest BCUT2D eigenvalue weighted by Gasteiger charge is 2.37. The molecule has 30 heavy (non-hydrogen) atoms. The van der Waals surface area contributed by atoms with E-state index in [-0.39, 0.29) is 35.2 Å². The second kappa shape index (κ2) is 8.99. The predicted octanol–water partition coefficient (Wildman–Crippen LogP) is 5.34. The van der Waals surface area contributed by atoms with Crippen molar-refractivity contribution in [2.75, 3.05) is 6.61 Å². The van der Waals surface area contributed by atoms with Crippen molar-refractivity contribution in [2.24, 2.45) is 11.8 Å². The summed E-state index contributed by atoms with van der Waals surface area (Å²) in [7, 11) is 0. The van der Waals surface area contributed by atoms with Crippen molar-refractivity contribution >= 4 is 5.78 Å². The molecule has 0 bridgehead atoms. The lowest BCUT2D eigenvalue weighted by atomic mass is 9.84. The lowest BCUT2D eigenvalue weighted by Crippen LogP contribution is -2.27. The Morgan fingerprint density at radius 2 is 1.47 bits per heavy atom. The third kappa shape index (κ3) is 4.40. The second-order valence-corrected chi connectivity index (χ2v) is 9.04. The number of phenolic OH excluding ortho intramolecular Hbond substituents is 3. The van der Waals surface area contributed by atoms with Gasteiger partial charge in [0.15, 0.2) is 5.78 Å². The summed E-state index contributed by atoms with van der Waals surface area (Å²) in [6, 6.07) is 6.47. The Bertz CT molecular complexity index is 912. The van der Waals surface area contributed by atoms with Crippen LogP contribution in [0.5, 0.6) is 23.0 Å². The quantitative estimate of drug-likeness (QED) is 0.571. The lowest BCUT2D eigenvalue weighted by molar-refractivity contribution is 0.0890. The number of ether oxygens (including phenoxy) is 1. The number of hydrogen-bond donors (Lipinski definition) is 3. The van der Waals surface area contributed by atoms with E-state index in [1.54, 1.807) is 12.1 Å². The zero-order chi connectivity index (χ0) is 22.0. The molecule has 2 aromatic rings. The van der Waals surface area contributed by atoms with E-state index in [4.69, 9.17) is 4.74 Å². The van der Waals surface area contributed by atoms with Gasteiger partial charge < -0.3 is 20.1 Å². The summed E-state index contributed by atoms with van der Waals surface area (Å²) >= 11 is 0. The molecule has 0 aromatic heterocycles. The van der Waals surface area contributed by atoms with Crippen LogP contribution >= 0.6 is 0 Å². The second-order valence-electron chi connectivity index (χ2n) is 9.04. The standard InChI is InChI=1S/C25H32O5/c1-14(2)5-11-18-22(27)19(12-6-15(3)4)25-21(23(18)28)24(29)20(13-30-25)16-7-9-17(26)10-8-16/h7-10,14-15,20,26-28H,5-6,11-13H2,1-4H3. The summed E-state index contributed by atoms with van der Waals surface area (Å²) in [6.07, 6.45) is 2.71. The van der Waals surface area contributed by atoms with Crippen LogP contribution in [0.2, 0.25) is 0 Å². The Balaban J connectivity index is 2.09. The first-order valence-electron chi connectivity index (χ1n) is 10.8. The topological polar surface area (TPSA) is 87.0 Å². The predicted molar refractivity (Wildman–Crippen MR) is 117 cm³/mol. The Hall–Kier alpha value is -2.69. The Morgan fingerprint density at radius 3 is 2.03 bits per heavy atom. The number of benzene rings is 2. The molecule has 3 N–H and O–H groups in total. The number of phenols is 3. The number of rotatable bonds is 7. The summed E-state index contributed by atoms with van der Waals surface area (Å²) in [5.74, 6) is 0.392. The Morgan fingerprint density at radius 1 is 0.900 bits per heavy atom. The van der Waals surface area contributed by atoms with Crippen molar-refractivity contribution in [2.45, 2.75) is 59.3 Å². The average Bonchev–Trinajstić information content (AvgIpc) is 2.68. The van der Waals surface area contributed by atoms with Gasteiger partial charge >= 0.3 is 0 Å². The van der Waals surface area contributed by atoms with Gasteiger partial charge in [-0.05, 0) is 55.2 Å². The van der Waals surface area contributed by atoms with Crippen molar-refractivity contribution in [1.29, 1.82) is 0 Å². The molecule has 1 aliphatic heterocycles. The van der Waals surface area contributed by atoms with E-state index in [0.717, 1.165) is 18.4 Å². The average molecular weight is 413 g/mol. The van der Waals surface area contributed by atoms with Crippen molar-refractivity contribution < 1.29 is 24.9 Å². The summed E-state index contributed by atoms with van der Waals surface area (Å²) in [5.41, 5.74) is 1.95. The number of Topliss-reactive ketones (excluding diaryl/α,β-unsaturated/α-hetero) is 1. The van der Waals surface area contributed by atoms with Crippen molar-refractivity contribution in [3.63, 3.8) is 0 Å². The fourth-order valence-corrected chi connectivity index (χ4v) is 3.90. The molecule has 5 heteroatoms. The molecule has 0 aliphatic carbocycles. The zero-order valence-electron chi connectivity index (χ0n) is 18.2. The Kier molecular flexibility index (Phi) is 6.59. The fraction of sp³-hybridized carbons (Fsp3) is 0.480. The first-order valence-corrected chi connectivity index (χ1v) is 10.8. The molecule has 3 rings (SSSR count). The highest BCUT2D eigenvalue weighted by Crippen LogP contribution is 2.48. The summed E-state index contributed by atoms with van der Waals surface area (Å²) < 4.78 is 5.99. The highest BCUT2D eigenvalue weighted by molar-refractivity contribution is 6.07. The van der Waals surface area contributed by atoms with Gasteiger partial charge in [-0.25, -0.2) is 0 Å². The van der Waals surface area contributed by atoms with Gasteiger partial charge in [-0.2, -0.15) is 0 Å². The first-order chi connectivity index (χ1) is 14.2. The van der Waals surface area contributed by atoms with Crippen LogP contribution < -0.4 is 4.74 Å². The lowest BCUT2D eigenvalue weighted by Gasteiger charge is -2.29. The van der Waals surface area contributed by atoms with E-state index in [9.17, 15) is 20.1 Å². The fourth-order valence-electron chi connectivity index (χ4n) is 3.90. The maximum absolute atomic E-state index is 13.4. The molecule has 0 fully saturated rings. The molecule has 0 spiro atoms. The smallest absolute Gasteiger partial charge is 0.181 e. The maximum Gasteiger partial charge on any atom is 0.181 e. The van der Waals surface area contributed by atoms with Gasteiger partial charge in [0.25, 0.3) is 0 Å². The van der Waals surface area contributed by atoms with Crippen LogP contribution in [0.3, 0.4) is 0 Å². The SMILES string of the molecule is CC(C)CCc1c(O)c(CCC(C)C)c2c(c1O)C(=O)C(c1ccc(O)cc1)CO2. The number of hydrogen-bond acceptors (Lipinski definition) is 5. The maximum atomic E-state index is 13.4. The highest BCUT2D eigenvalue weighted by atomic mass is 16.5. The molecular weight excluding hydrogens is 380 g/mol. The number of ketones is 1. The van der Waals surface area contributed by atoms with E-state index in [0.29, 0.717) is 41.6 Å². The molecular formula is C25H32O5. The van der Waals surface area contributed by atoms with Crippen LogP contribution in [-0.2, 0) is 12.8 Å². The minimum atomic E-state index is -0.565. The molecule has 0 radical (unpaired) electrons. The monoisotopic (exact) mass is 412 g/mol. The molecule has 1 aliphatic rings. The number of aromatic hydroxyl groups is 3. The van der Waals surface area contributed by atoms with Crippen LogP contribution in [0.25, 0.3) is 0 Å². The minimum absolute atomic E-state index is 0.0587. The Labute approximate surface area is 178 Å². The molecule has 162 valence electrons. The molecule has 1 atom stereocenters. The van der Waals surface area contributed by atoms with E-state index < -0.39 is 5.92 Å². The number of carbonyl (C=O) groups is 1. The first kappa shape index (κ1) is 22.0. The number of carbonyl (C=O) groups excluding carboxylic acids is 1. The molecule has 1 unspecified atom stereocenters. The zero-order valence-corrected chi connectivity index (χ0v) is 18.2. The largest absolute Gasteiger partial charge is 0.508 e. The minimum Gasteiger partial charge on any atom is -0.508 e. The van der Waals surface area contributed by atoms with Gasteiger partial charge in [-0.1, -0.05) is 39.8 Å². The van der Waals surface area contributed by atoms with Crippen molar-refractivity contribution in [3.05, 3.63) is 46.5 Å². The van der Waals surface area contributed by atoms with E-state index in [2.05, 4.69) is 27.7 Å². The van der Waals surface area contributed by atoms with Crippen molar-refractivity contribution in [1.82, 2.24) is 0 Å². The summed E-state index contributed by atoms with van der Waals surface area (Å²) in [4.78, 5) is 13.4. The van der Waals surface area contributed by atoms with Crippen LogP contribution in [0, 0.1) is 11.8 Å². The van der Waals surface area contributed by atoms with E-state index >= 15 is 0 Å². The molecule has 2 aromatic carbocycles. The van der Waals surface area contributed by atoms with Crippen molar-refractivity contribution in [3.8, 4) is 23.0 Å². The van der Waals surface area contributed by atoms with Gasteiger partial charge in [0.05, 0.1) is 5.92 Å². The normalized spacial score (nSPS) is 16.1. The van der Waals surface area contributed by atoms with Gasteiger partial charge in [0.2, 0.25) is 0 Å². The summed E-state index contributed by atoms with van der Waals surface area (Å²) in [6.45, 7) is 8.52. The summed E-state index contributed by atoms with van der Waals surface area (Å²) in [5, 5.41) is 31.5. The van der Waals surface area contributed by atoms with E-state index in [1.807, 2.05) is 0 Å². The van der Waals surface area contributed by atoms with Crippen LogP contribution in [-0.4, -0.2) is 27.7 Å². The van der Waals surface area contributed by atoms with Gasteiger partial charge in [0, 0.05) is 11.1 Å².